The summed E-state index contributed by atoms with van der Waals surface area (Å²) in [4.78, 5) is 26.8. The molecule has 1 N–H and O–H groups in total. The SMILES string of the molecule is COc1ccc(C=c2sc(=CC(=O)C(C)(C)C)[nH]c2=O)cc1C. The first-order valence-electron chi connectivity index (χ1n) is 7.32. The topological polar surface area (TPSA) is 59.2 Å². The minimum atomic E-state index is -0.460. The van der Waals surface area contributed by atoms with Gasteiger partial charge in [-0.25, -0.2) is 0 Å². The average Bonchev–Trinajstić information content (AvgIpc) is 2.78. The molecule has 4 nitrogen and oxygen atoms in total. The van der Waals surface area contributed by atoms with Crippen LogP contribution >= 0.6 is 11.3 Å². The Morgan fingerprint density at radius 2 is 2.00 bits per heavy atom. The largest absolute Gasteiger partial charge is 0.496 e. The standard InChI is InChI=1S/C18H21NO3S/c1-11-8-12(6-7-13(11)22-5)9-14-17(21)19-16(23-14)10-15(20)18(2,3)4/h6-10H,1-5H3,(H,19,21). The molecule has 1 heterocycles. The van der Waals surface area contributed by atoms with Crippen molar-refractivity contribution in [2.24, 2.45) is 5.41 Å². The third-order valence-corrected chi connectivity index (χ3v) is 4.36. The summed E-state index contributed by atoms with van der Waals surface area (Å²) in [6, 6.07) is 5.73. The number of rotatable bonds is 3. The molecule has 0 aliphatic carbocycles. The molecule has 122 valence electrons. The van der Waals surface area contributed by atoms with Gasteiger partial charge in [0.2, 0.25) is 0 Å². The maximum absolute atomic E-state index is 12.1. The van der Waals surface area contributed by atoms with E-state index in [0.717, 1.165) is 16.9 Å². The number of benzene rings is 1. The van der Waals surface area contributed by atoms with E-state index in [1.54, 1.807) is 7.11 Å². The van der Waals surface area contributed by atoms with Gasteiger partial charge in [0.15, 0.2) is 5.78 Å². The van der Waals surface area contributed by atoms with Crippen LogP contribution < -0.4 is 19.5 Å². The van der Waals surface area contributed by atoms with Crippen LogP contribution in [0, 0.1) is 12.3 Å². The smallest absolute Gasteiger partial charge is 0.266 e. The van der Waals surface area contributed by atoms with Gasteiger partial charge in [0.1, 0.15) is 5.75 Å². The summed E-state index contributed by atoms with van der Waals surface area (Å²) in [6.45, 7) is 7.51. The van der Waals surface area contributed by atoms with Crippen molar-refractivity contribution < 1.29 is 9.53 Å². The number of aryl methyl sites for hydroxylation is 1. The Labute approximate surface area is 139 Å². The lowest BCUT2D eigenvalue weighted by Crippen LogP contribution is -2.22. The van der Waals surface area contributed by atoms with Crippen LogP contribution in [0.4, 0.5) is 0 Å². The summed E-state index contributed by atoms with van der Waals surface area (Å²) in [5.41, 5.74) is 1.28. The van der Waals surface area contributed by atoms with E-state index in [1.165, 1.54) is 17.4 Å². The number of H-pyrrole nitrogens is 1. The van der Waals surface area contributed by atoms with Crippen molar-refractivity contribution in [3.8, 4) is 5.75 Å². The lowest BCUT2D eigenvalue weighted by Gasteiger charge is -2.12. The Balaban J connectivity index is 2.46. The molecule has 0 amide bonds. The maximum atomic E-state index is 12.1. The molecule has 23 heavy (non-hydrogen) atoms. The second-order valence-corrected chi connectivity index (χ2v) is 7.50. The zero-order valence-electron chi connectivity index (χ0n) is 14.0. The Morgan fingerprint density at radius 3 is 2.57 bits per heavy atom. The molecule has 0 radical (unpaired) electrons. The normalized spacial score (nSPS) is 13.4. The van der Waals surface area contributed by atoms with Gasteiger partial charge in [0, 0.05) is 11.5 Å². The van der Waals surface area contributed by atoms with E-state index in [1.807, 2.05) is 52.0 Å². The molecule has 5 heteroatoms. The summed E-state index contributed by atoms with van der Waals surface area (Å²) in [6.07, 6.45) is 3.32. The first kappa shape index (κ1) is 17.2. The second-order valence-electron chi connectivity index (χ2n) is 6.42. The number of ketones is 1. The molecule has 1 aromatic heterocycles. The third-order valence-electron chi connectivity index (χ3n) is 3.40. The molecule has 0 saturated heterocycles. The molecule has 0 bridgehead atoms. The first-order valence-corrected chi connectivity index (χ1v) is 8.14. The number of aromatic amines is 1. The van der Waals surface area contributed by atoms with Crippen molar-refractivity contribution in [3.05, 3.63) is 48.9 Å². The molecule has 0 fully saturated rings. The average molecular weight is 331 g/mol. The van der Waals surface area contributed by atoms with Gasteiger partial charge in [0.05, 0.1) is 16.3 Å². The van der Waals surface area contributed by atoms with Crippen LogP contribution in [0.5, 0.6) is 5.75 Å². The quantitative estimate of drug-likeness (QED) is 0.935. The van der Waals surface area contributed by atoms with E-state index >= 15 is 0 Å². The van der Waals surface area contributed by atoms with E-state index in [9.17, 15) is 9.59 Å². The molecule has 0 aliphatic rings. The van der Waals surface area contributed by atoms with Gasteiger partial charge in [-0.15, -0.1) is 11.3 Å². The van der Waals surface area contributed by atoms with Crippen LogP contribution in [0.25, 0.3) is 12.2 Å². The molecular weight excluding hydrogens is 310 g/mol. The maximum Gasteiger partial charge on any atom is 0.266 e. The number of Topliss-reactive ketones (excluding diaryl/α,β-unsaturated/α-hetero) is 1. The number of carbonyl (C=O) groups is 1. The molecule has 2 rings (SSSR count). The van der Waals surface area contributed by atoms with Crippen LogP contribution in [0.3, 0.4) is 0 Å². The van der Waals surface area contributed by atoms with E-state index in [0.29, 0.717) is 9.20 Å². The Bertz CT molecular complexity index is 898. The number of hydrogen-bond acceptors (Lipinski definition) is 4. The molecule has 0 unspecified atom stereocenters. The predicted molar refractivity (Wildman–Crippen MR) is 94.4 cm³/mol. The highest BCUT2D eigenvalue weighted by Crippen LogP contribution is 2.18. The van der Waals surface area contributed by atoms with Crippen LogP contribution in [-0.4, -0.2) is 17.9 Å². The molecule has 1 aromatic carbocycles. The van der Waals surface area contributed by atoms with Crippen molar-refractivity contribution in [3.63, 3.8) is 0 Å². The van der Waals surface area contributed by atoms with Gasteiger partial charge in [-0.1, -0.05) is 26.8 Å². The minimum Gasteiger partial charge on any atom is -0.496 e. The summed E-state index contributed by atoms with van der Waals surface area (Å²) in [5, 5.41) is 0. The van der Waals surface area contributed by atoms with Crippen molar-refractivity contribution in [2.75, 3.05) is 7.11 Å². The van der Waals surface area contributed by atoms with E-state index < -0.39 is 5.41 Å². The zero-order chi connectivity index (χ0) is 17.2. The van der Waals surface area contributed by atoms with Gasteiger partial charge < -0.3 is 9.72 Å². The molecule has 0 saturated carbocycles. The van der Waals surface area contributed by atoms with E-state index in [2.05, 4.69) is 4.98 Å². The van der Waals surface area contributed by atoms with Crippen molar-refractivity contribution in [2.45, 2.75) is 27.7 Å². The van der Waals surface area contributed by atoms with Crippen LogP contribution in [0.1, 0.15) is 31.9 Å². The second kappa shape index (κ2) is 6.54. The molecule has 0 aliphatic heterocycles. The van der Waals surface area contributed by atoms with Crippen LogP contribution in [0.15, 0.2) is 23.0 Å². The lowest BCUT2D eigenvalue weighted by molar-refractivity contribution is -0.119. The van der Waals surface area contributed by atoms with Gasteiger partial charge in [0.25, 0.3) is 5.56 Å². The Kier molecular flexibility index (Phi) is 4.90. The number of aromatic nitrogens is 1. The number of thiazole rings is 1. The van der Waals surface area contributed by atoms with Gasteiger partial charge in [-0.2, -0.15) is 0 Å². The number of ether oxygens (including phenoxy) is 1. The van der Waals surface area contributed by atoms with E-state index in [4.69, 9.17) is 4.74 Å². The van der Waals surface area contributed by atoms with E-state index in [-0.39, 0.29) is 11.3 Å². The first-order chi connectivity index (χ1) is 10.7. The number of carbonyl (C=O) groups excluding carboxylic acids is 1. The van der Waals surface area contributed by atoms with Crippen molar-refractivity contribution in [1.29, 1.82) is 0 Å². The molecule has 0 spiro atoms. The summed E-state index contributed by atoms with van der Waals surface area (Å²) < 4.78 is 6.38. The fourth-order valence-corrected chi connectivity index (χ4v) is 2.89. The highest BCUT2D eigenvalue weighted by atomic mass is 32.1. The number of nitrogens with one attached hydrogen (secondary N) is 1. The minimum absolute atomic E-state index is 0.0122. The highest BCUT2D eigenvalue weighted by molar-refractivity contribution is 7.07. The third kappa shape index (κ3) is 4.20. The predicted octanol–water partition coefficient (Wildman–Crippen LogP) is 1.98. The number of methoxy groups -OCH3 is 1. The molecule has 2 aromatic rings. The van der Waals surface area contributed by atoms with Crippen molar-refractivity contribution >= 4 is 29.3 Å². The summed E-state index contributed by atoms with van der Waals surface area (Å²) >= 11 is 1.28. The fraction of sp³-hybridized carbons (Fsp3) is 0.333. The molecular formula is C18H21NO3S. The van der Waals surface area contributed by atoms with Crippen LogP contribution in [-0.2, 0) is 4.79 Å². The lowest BCUT2D eigenvalue weighted by atomic mass is 9.91. The Morgan fingerprint density at radius 1 is 1.30 bits per heavy atom. The summed E-state index contributed by atoms with van der Waals surface area (Å²) in [5.74, 6) is 0.800. The zero-order valence-corrected chi connectivity index (χ0v) is 14.8. The Hall–Kier alpha value is -2.14. The van der Waals surface area contributed by atoms with Crippen LogP contribution in [0.2, 0.25) is 0 Å². The van der Waals surface area contributed by atoms with Gasteiger partial charge in [-0.3, -0.25) is 9.59 Å². The number of hydrogen-bond donors (Lipinski definition) is 1. The molecule has 0 atom stereocenters. The summed E-state index contributed by atoms with van der Waals surface area (Å²) in [7, 11) is 1.63. The van der Waals surface area contributed by atoms with Gasteiger partial charge in [-0.05, 0) is 36.3 Å². The van der Waals surface area contributed by atoms with Crippen molar-refractivity contribution in [1.82, 2.24) is 4.98 Å². The fourth-order valence-electron chi connectivity index (χ4n) is 2.00. The monoisotopic (exact) mass is 331 g/mol. The van der Waals surface area contributed by atoms with Gasteiger partial charge >= 0.3 is 0 Å². The highest BCUT2D eigenvalue weighted by Gasteiger charge is 2.18.